The predicted octanol–water partition coefficient (Wildman–Crippen LogP) is 7.33. The number of phenols is 1. The third-order valence-corrected chi connectivity index (χ3v) is 7.30. The zero-order chi connectivity index (χ0) is 25.2. The molecule has 36 heavy (non-hydrogen) atoms. The van der Waals surface area contributed by atoms with Crippen molar-refractivity contribution in [3.05, 3.63) is 76.8 Å². The van der Waals surface area contributed by atoms with Gasteiger partial charge >= 0.3 is 5.97 Å². The Morgan fingerprint density at radius 3 is 2.56 bits per heavy atom. The Balaban J connectivity index is 1.40. The van der Waals surface area contributed by atoms with Crippen LogP contribution in [0.4, 0.5) is 0 Å². The molecule has 1 fully saturated rings. The van der Waals surface area contributed by atoms with Crippen molar-refractivity contribution in [2.24, 2.45) is 0 Å². The number of fused-ring (bicyclic) bond motifs is 1. The second-order valence-electron chi connectivity index (χ2n) is 9.61. The van der Waals surface area contributed by atoms with Crippen LogP contribution in [-0.2, 0) is 11.4 Å². The lowest BCUT2D eigenvalue weighted by molar-refractivity contribution is -0.137. The van der Waals surface area contributed by atoms with Crippen LogP contribution in [0.2, 0.25) is 5.02 Å². The number of carboxylic acids is 1. The van der Waals surface area contributed by atoms with Gasteiger partial charge in [-0.3, -0.25) is 9.48 Å². The van der Waals surface area contributed by atoms with E-state index in [2.05, 4.69) is 22.9 Å². The number of hydrogen-bond donors (Lipinski definition) is 2. The molecular weight excluding hydrogens is 476 g/mol. The summed E-state index contributed by atoms with van der Waals surface area (Å²) < 4.78 is 8.20. The van der Waals surface area contributed by atoms with Gasteiger partial charge < -0.3 is 14.9 Å². The highest BCUT2D eigenvalue weighted by Gasteiger charge is 2.23. The average molecular weight is 505 g/mol. The highest BCUT2D eigenvalue weighted by atomic mass is 35.5. The lowest BCUT2D eigenvalue weighted by Crippen LogP contribution is -2.06. The quantitative estimate of drug-likeness (QED) is 0.262. The molecule has 6 nitrogen and oxygen atoms in total. The largest absolute Gasteiger partial charge is 0.506 e. The number of halogens is 1. The molecule has 0 amide bonds. The Morgan fingerprint density at radius 1 is 1.11 bits per heavy atom. The van der Waals surface area contributed by atoms with Gasteiger partial charge in [-0.05, 0) is 66.3 Å². The maximum Gasteiger partial charge on any atom is 0.303 e. The fraction of sp³-hybridized carbons (Fsp3) is 0.310. The van der Waals surface area contributed by atoms with Crippen LogP contribution >= 0.6 is 11.6 Å². The van der Waals surface area contributed by atoms with Crippen LogP contribution < -0.4 is 4.74 Å². The topological polar surface area (TPSA) is 84.6 Å². The standard InChI is InChI=1S/C29H29ClN2O4/c1-18(14-28(34)35)20-7-10-23(11-8-20)36-17-19-6-12-24-26(15-19)32(22-4-2-3-5-22)31-29(24)21-9-13-27(33)25(30)16-21/h6-13,15-16,18,22,33H,2-5,14,17H2,1H3,(H,34,35)/t18-/m0/s1. The van der Waals surface area contributed by atoms with Crippen molar-refractivity contribution >= 4 is 28.5 Å². The fourth-order valence-electron chi connectivity index (χ4n) is 5.01. The van der Waals surface area contributed by atoms with Crippen LogP contribution in [-0.4, -0.2) is 26.0 Å². The number of benzene rings is 3. The first kappa shape index (κ1) is 24.2. The minimum atomic E-state index is -0.799. The van der Waals surface area contributed by atoms with Crippen molar-refractivity contribution in [1.29, 1.82) is 0 Å². The highest BCUT2D eigenvalue weighted by Crippen LogP contribution is 2.38. The summed E-state index contributed by atoms with van der Waals surface area (Å²) in [6.07, 6.45) is 4.74. The van der Waals surface area contributed by atoms with Crippen molar-refractivity contribution in [3.63, 3.8) is 0 Å². The Labute approximate surface area is 215 Å². The van der Waals surface area contributed by atoms with E-state index < -0.39 is 5.97 Å². The maximum atomic E-state index is 11.0. The second kappa shape index (κ2) is 10.2. The number of aromatic hydroxyl groups is 1. The first-order valence-corrected chi connectivity index (χ1v) is 12.7. The van der Waals surface area contributed by atoms with Gasteiger partial charge in [0.05, 0.1) is 23.0 Å². The van der Waals surface area contributed by atoms with E-state index in [1.807, 2.05) is 37.3 Å². The van der Waals surface area contributed by atoms with Gasteiger partial charge in [-0.1, -0.05) is 55.6 Å². The van der Waals surface area contributed by atoms with Crippen LogP contribution in [0.25, 0.3) is 22.2 Å². The van der Waals surface area contributed by atoms with Crippen LogP contribution in [0.1, 0.15) is 62.1 Å². The van der Waals surface area contributed by atoms with E-state index in [-0.39, 0.29) is 18.1 Å². The van der Waals surface area contributed by atoms with Gasteiger partial charge in [-0.15, -0.1) is 0 Å². The Bertz CT molecular complexity index is 1390. The smallest absolute Gasteiger partial charge is 0.303 e. The predicted molar refractivity (Wildman–Crippen MR) is 141 cm³/mol. The first-order chi connectivity index (χ1) is 17.4. The van der Waals surface area contributed by atoms with E-state index in [4.69, 9.17) is 26.5 Å². The summed E-state index contributed by atoms with van der Waals surface area (Å²) in [5, 5.41) is 25.2. The van der Waals surface area contributed by atoms with Crippen molar-refractivity contribution < 1.29 is 19.7 Å². The zero-order valence-corrected chi connectivity index (χ0v) is 20.9. The van der Waals surface area contributed by atoms with E-state index in [0.29, 0.717) is 17.7 Å². The van der Waals surface area contributed by atoms with Gasteiger partial charge in [0.1, 0.15) is 23.8 Å². The molecule has 7 heteroatoms. The number of carboxylic acid groups (broad SMARTS) is 1. The minimum Gasteiger partial charge on any atom is -0.506 e. The molecule has 0 bridgehead atoms. The first-order valence-electron chi connectivity index (χ1n) is 12.3. The van der Waals surface area contributed by atoms with Gasteiger partial charge in [-0.25, -0.2) is 0 Å². The summed E-state index contributed by atoms with van der Waals surface area (Å²) in [5.41, 5.74) is 4.83. The van der Waals surface area contributed by atoms with Gasteiger partial charge in [0.15, 0.2) is 0 Å². The normalized spacial score (nSPS) is 14.8. The van der Waals surface area contributed by atoms with Crippen LogP contribution in [0, 0.1) is 0 Å². The van der Waals surface area contributed by atoms with Gasteiger partial charge in [-0.2, -0.15) is 5.10 Å². The molecular formula is C29H29ClN2O4. The molecule has 1 aliphatic rings. The van der Waals surface area contributed by atoms with Crippen molar-refractivity contribution in [2.45, 2.75) is 57.6 Å². The Morgan fingerprint density at radius 2 is 1.86 bits per heavy atom. The molecule has 2 N–H and O–H groups in total. The van der Waals surface area contributed by atoms with Crippen molar-refractivity contribution in [3.8, 4) is 22.8 Å². The molecule has 1 saturated carbocycles. The zero-order valence-electron chi connectivity index (χ0n) is 20.2. The fourth-order valence-corrected chi connectivity index (χ4v) is 5.19. The number of hydrogen-bond acceptors (Lipinski definition) is 4. The third-order valence-electron chi connectivity index (χ3n) is 7.00. The maximum absolute atomic E-state index is 11.0. The molecule has 5 rings (SSSR count). The monoisotopic (exact) mass is 504 g/mol. The SMILES string of the molecule is C[C@@H](CC(=O)O)c1ccc(OCc2ccc3c(-c4ccc(O)c(Cl)c4)nn(C4CCCC4)c3c2)cc1. The molecule has 186 valence electrons. The summed E-state index contributed by atoms with van der Waals surface area (Å²) in [6.45, 7) is 2.32. The molecule has 1 atom stereocenters. The number of aromatic nitrogens is 2. The average Bonchev–Trinajstić information content (AvgIpc) is 3.52. The van der Waals surface area contributed by atoms with E-state index in [1.165, 1.54) is 12.8 Å². The van der Waals surface area contributed by atoms with Crippen LogP contribution in [0.5, 0.6) is 11.5 Å². The molecule has 4 aromatic rings. The lowest BCUT2D eigenvalue weighted by Gasteiger charge is -2.13. The molecule has 0 unspecified atom stereocenters. The molecule has 1 aromatic heterocycles. The lowest BCUT2D eigenvalue weighted by atomic mass is 9.98. The van der Waals surface area contributed by atoms with Gasteiger partial charge in [0.25, 0.3) is 0 Å². The molecule has 0 saturated heterocycles. The molecule has 0 spiro atoms. The molecule has 0 radical (unpaired) electrons. The summed E-state index contributed by atoms with van der Waals surface area (Å²) >= 11 is 6.20. The second-order valence-corrected chi connectivity index (χ2v) is 10.0. The van der Waals surface area contributed by atoms with Crippen molar-refractivity contribution in [1.82, 2.24) is 9.78 Å². The number of aliphatic carboxylic acids is 1. The van der Waals surface area contributed by atoms with E-state index in [9.17, 15) is 9.90 Å². The Kier molecular flexibility index (Phi) is 6.88. The molecule has 3 aromatic carbocycles. The van der Waals surface area contributed by atoms with Gasteiger partial charge in [0.2, 0.25) is 0 Å². The number of carbonyl (C=O) groups is 1. The third kappa shape index (κ3) is 5.05. The van der Waals surface area contributed by atoms with E-state index in [0.717, 1.165) is 51.9 Å². The molecule has 1 aliphatic carbocycles. The van der Waals surface area contributed by atoms with Gasteiger partial charge in [0, 0.05) is 10.9 Å². The molecule has 0 aliphatic heterocycles. The van der Waals surface area contributed by atoms with E-state index >= 15 is 0 Å². The highest BCUT2D eigenvalue weighted by molar-refractivity contribution is 6.32. The van der Waals surface area contributed by atoms with Crippen LogP contribution in [0.3, 0.4) is 0 Å². The minimum absolute atomic E-state index is 0.0486. The summed E-state index contributed by atoms with van der Waals surface area (Å²) in [5.74, 6) is -0.0481. The van der Waals surface area contributed by atoms with Crippen molar-refractivity contribution in [2.75, 3.05) is 0 Å². The Hall–Kier alpha value is -3.51. The molecule has 1 heterocycles. The number of phenolic OH excluding ortho intramolecular Hbond substituents is 1. The number of rotatable bonds is 8. The summed E-state index contributed by atoms with van der Waals surface area (Å²) in [7, 11) is 0. The van der Waals surface area contributed by atoms with E-state index in [1.54, 1.807) is 12.1 Å². The van der Waals surface area contributed by atoms with Crippen LogP contribution in [0.15, 0.2) is 60.7 Å². The number of nitrogens with zero attached hydrogens (tertiary/aromatic N) is 2. The summed E-state index contributed by atoms with van der Waals surface area (Å²) in [6, 6.07) is 19.5. The summed E-state index contributed by atoms with van der Waals surface area (Å²) in [4.78, 5) is 11.0. The number of ether oxygens (including phenoxy) is 1.